The summed E-state index contributed by atoms with van der Waals surface area (Å²) in [6, 6.07) is 0. The second-order valence-electron chi connectivity index (χ2n) is 5.82. The molecule has 0 aliphatic carbocycles. The second kappa shape index (κ2) is 6.39. The van der Waals surface area contributed by atoms with Crippen molar-refractivity contribution in [1.82, 2.24) is 19.7 Å². The van der Waals surface area contributed by atoms with Crippen molar-refractivity contribution < 1.29 is 4.74 Å². The van der Waals surface area contributed by atoms with Crippen LogP contribution in [-0.4, -0.2) is 31.9 Å². The molecular weight excluding hydrogens is 266 g/mol. The van der Waals surface area contributed by atoms with Gasteiger partial charge in [-0.2, -0.15) is 5.10 Å². The van der Waals surface area contributed by atoms with Crippen LogP contribution in [0.3, 0.4) is 0 Å². The van der Waals surface area contributed by atoms with Gasteiger partial charge < -0.3 is 10.1 Å². The fraction of sp³-hybridized carbons (Fsp3) is 0.667. The Morgan fingerprint density at radius 1 is 1.29 bits per heavy atom. The number of nitrogens with one attached hydrogen (secondary N) is 1. The SMILES string of the molecule is CCCNc1nc(COC(C)(C)CC)nc2c1cnn2C. The van der Waals surface area contributed by atoms with E-state index in [1.165, 1.54) is 0 Å². The maximum atomic E-state index is 5.91. The standard InChI is InChI=1S/C15H25N5O/c1-6-8-16-13-11-9-17-20(5)14(11)19-12(18-13)10-21-15(3,4)7-2/h9H,6-8,10H2,1-5H3,(H,16,18,19). The molecule has 0 saturated carbocycles. The van der Waals surface area contributed by atoms with Crippen LogP contribution in [0.2, 0.25) is 0 Å². The fourth-order valence-corrected chi connectivity index (χ4v) is 1.87. The van der Waals surface area contributed by atoms with E-state index in [0.29, 0.717) is 12.4 Å². The highest BCUT2D eigenvalue weighted by atomic mass is 16.5. The predicted octanol–water partition coefficient (Wildman–Crippen LogP) is 2.89. The molecule has 1 N–H and O–H groups in total. The molecule has 116 valence electrons. The first-order chi connectivity index (χ1) is 9.96. The number of aromatic nitrogens is 4. The van der Waals surface area contributed by atoms with Gasteiger partial charge in [-0.15, -0.1) is 0 Å². The van der Waals surface area contributed by atoms with Gasteiger partial charge in [0.05, 0.1) is 17.2 Å². The monoisotopic (exact) mass is 291 g/mol. The number of fused-ring (bicyclic) bond motifs is 1. The van der Waals surface area contributed by atoms with Crippen LogP contribution in [0.5, 0.6) is 0 Å². The lowest BCUT2D eigenvalue weighted by atomic mass is 10.1. The van der Waals surface area contributed by atoms with Gasteiger partial charge in [-0.25, -0.2) is 9.97 Å². The van der Waals surface area contributed by atoms with Gasteiger partial charge in [0.1, 0.15) is 12.4 Å². The van der Waals surface area contributed by atoms with Crippen molar-refractivity contribution in [2.24, 2.45) is 7.05 Å². The van der Waals surface area contributed by atoms with Crippen LogP contribution >= 0.6 is 0 Å². The van der Waals surface area contributed by atoms with E-state index in [9.17, 15) is 0 Å². The zero-order chi connectivity index (χ0) is 15.5. The summed E-state index contributed by atoms with van der Waals surface area (Å²) in [4.78, 5) is 9.15. The molecule has 2 rings (SSSR count). The van der Waals surface area contributed by atoms with Crippen LogP contribution in [0.15, 0.2) is 6.20 Å². The summed E-state index contributed by atoms with van der Waals surface area (Å²) < 4.78 is 7.67. The highest BCUT2D eigenvalue weighted by Crippen LogP contribution is 2.21. The number of rotatable bonds is 7. The van der Waals surface area contributed by atoms with Gasteiger partial charge in [-0.3, -0.25) is 4.68 Å². The Morgan fingerprint density at radius 3 is 2.71 bits per heavy atom. The molecule has 6 heteroatoms. The molecule has 0 aromatic carbocycles. The van der Waals surface area contributed by atoms with Crippen LogP contribution in [0.25, 0.3) is 11.0 Å². The maximum absolute atomic E-state index is 5.91. The summed E-state index contributed by atoms with van der Waals surface area (Å²) in [5.41, 5.74) is 0.665. The molecule has 0 aliphatic heterocycles. The topological polar surface area (TPSA) is 64.9 Å². The lowest BCUT2D eigenvalue weighted by Gasteiger charge is -2.23. The largest absolute Gasteiger partial charge is 0.369 e. The average Bonchev–Trinajstić information content (AvgIpc) is 2.84. The van der Waals surface area contributed by atoms with Crippen molar-refractivity contribution >= 4 is 16.9 Å². The minimum Gasteiger partial charge on any atom is -0.369 e. The van der Waals surface area contributed by atoms with E-state index in [2.05, 4.69) is 48.1 Å². The Bertz CT molecular complexity index is 605. The Labute approximate surface area is 125 Å². The first kappa shape index (κ1) is 15.7. The van der Waals surface area contributed by atoms with Crippen LogP contribution in [0.4, 0.5) is 5.82 Å². The molecule has 0 radical (unpaired) electrons. The van der Waals surface area contributed by atoms with Crippen molar-refractivity contribution in [1.29, 1.82) is 0 Å². The molecule has 0 fully saturated rings. The molecule has 2 aromatic heterocycles. The highest BCUT2D eigenvalue weighted by Gasteiger charge is 2.17. The van der Waals surface area contributed by atoms with E-state index < -0.39 is 0 Å². The Kier molecular flexibility index (Phi) is 4.77. The van der Waals surface area contributed by atoms with Crippen molar-refractivity contribution in [2.75, 3.05) is 11.9 Å². The van der Waals surface area contributed by atoms with Crippen molar-refractivity contribution in [3.05, 3.63) is 12.0 Å². The lowest BCUT2D eigenvalue weighted by molar-refractivity contribution is -0.0344. The quantitative estimate of drug-likeness (QED) is 0.849. The molecule has 2 aromatic rings. The van der Waals surface area contributed by atoms with Gasteiger partial charge in [0, 0.05) is 13.6 Å². The molecule has 2 heterocycles. The molecule has 0 atom stereocenters. The third-order valence-electron chi connectivity index (χ3n) is 3.62. The Morgan fingerprint density at radius 2 is 2.05 bits per heavy atom. The number of hydrogen-bond donors (Lipinski definition) is 1. The normalized spacial score (nSPS) is 12.0. The van der Waals surface area contributed by atoms with Crippen LogP contribution in [0.1, 0.15) is 46.4 Å². The second-order valence-corrected chi connectivity index (χ2v) is 5.82. The summed E-state index contributed by atoms with van der Waals surface area (Å²) in [5.74, 6) is 1.52. The zero-order valence-electron chi connectivity index (χ0n) is 13.6. The molecule has 0 unspecified atom stereocenters. The molecular formula is C15H25N5O. The summed E-state index contributed by atoms with van der Waals surface area (Å²) in [6.07, 6.45) is 3.79. The smallest absolute Gasteiger partial charge is 0.163 e. The highest BCUT2D eigenvalue weighted by molar-refractivity contribution is 5.86. The third-order valence-corrected chi connectivity index (χ3v) is 3.62. The minimum atomic E-state index is -0.165. The molecule has 6 nitrogen and oxygen atoms in total. The summed E-state index contributed by atoms with van der Waals surface area (Å²) in [6.45, 7) is 9.67. The van der Waals surface area contributed by atoms with Crippen LogP contribution in [-0.2, 0) is 18.4 Å². The third kappa shape index (κ3) is 3.69. The average molecular weight is 291 g/mol. The van der Waals surface area contributed by atoms with E-state index in [1.54, 1.807) is 10.9 Å². The maximum Gasteiger partial charge on any atom is 0.163 e. The number of anilines is 1. The first-order valence-electron chi connectivity index (χ1n) is 7.53. The molecule has 0 bridgehead atoms. The van der Waals surface area contributed by atoms with E-state index in [-0.39, 0.29) is 5.60 Å². The summed E-state index contributed by atoms with van der Waals surface area (Å²) in [5, 5.41) is 8.55. The van der Waals surface area contributed by atoms with Gasteiger partial charge in [-0.1, -0.05) is 13.8 Å². The molecule has 0 amide bonds. The van der Waals surface area contributed by atoms with Gasteiger partial charge in [0.25, 0.3) is 0 Å². The summed E-state index contributed by atoms with van der Waals surface area (Å²) in [7, 11) is 1.89. The van der Waals surface area contributed by atoms with Gasteiger partial charge in [-0.05, 0) is 26.7 Å². The van der Waals surface area contributed by atoms with E-state index in [1.807, 2.05) is 7.05 Å². The van der Waals surface area contributed by atoms with E-state index in [4.69, 9.17) is 4.74 Å². The van der Waals surface area contributed by atoms with Crippen LogP contribution < -0.4 is 5.32 Å². The summed E-state index contributed by atoms with van der Waals surface area (Å²) >= 11 is 0. The molecule has 0 saturated heterocycles. The molecule has 0 aliphatic rings. The van der Waals surface area contributed by atoms with Gasteiger partial charge in [0.15, 0.2) is 11.5 Å². The number of nitrogens with zero attached hydrogens (tertiary/aromatic N) is 4. The zero-order valence-corrected chi connectivity index (χ0v) is 13.6. The van der Waals surface area contributed by atoms with Crippen molar-refractivity contribution in [3.8, 4) is 0 Å². The predicted molar refractivity (Wildman–Crippen MR) is 84.2 cm³/mol. The van der Waals surface area contributed by atoms with Crippen LogP contribution in [0, 0.1) is 0 Å². The van der Waals surface area contributed by atoms with Crippen molar-refractivity contribution in [3.63, 3.8) is 0 Å². The Hall–Kier alpha value is -1.69. The molecule has 21 heavy (non-hydrogen) atoms. The Balaban J connectivity index is 2.29. The molecule has 0 spiro atoms. The first-order valence-corrected chi connectivity index (χ1v) is 7.53. The van der Waals surface area contributed by atoms with Crippen molar-refractivity contribution in [2.45, 2.75) is 52.7 Å². The fourth-order valence-electron chi connectivity index (χ4n) is 1.87. The minimum absolute atomic E-state index is 0.165. The number of hydrogen-bond acceptors (Lipinski definition) is 5. The van der Waals surface area contributed by atoms with Gasteiger partial charge >= 0.3 is 0 Å². The van der Waals surface area contributed by atoms with E-state index in [0.717, 1.165) is 36.2 Å². The number of aryl methyl sites for hydroxylation is 1. The lowest BCUT2D eigenvalue weighted by Crippen LogP contribution is -2.23. The van der Waals surface area contributed by atoms with E-state index >= 15 is 0 Å². The number of ether oxygens (including phenoxy) is 1. The van der Waals surface area contributed by atoms with Gasteiger partial charge in [0.2, 0.25) is 0 Å².